The van der Waals surface area contributed by atoms with Gasteiger partial charge in [0.25, 0.3) is 0 Å². The van der Waals surface area contributed by atoms with Crippen LogP contribution in [-0.2, 0) is 0 Å². The summed E-state index contributed by atoms with van der Waals surface area (Å²) in [6.45, 7) is 3.81. The van der Waals surface area contributed by atoms with Crippen molar-refractivity contribution in [1.29, 1.82) is 0 Å². The normalized spacial score (nSPS) is 10.1. The van der Waals surface area contributed by atoms with Crippen molar-refractivity contribution in [1.82, 2.24) is 9.97 Å². The fourth-order valence-corrected chi connectivity index (χ4v) is 1.27. The maximum Gasteiger partial charge on any atom is 0.237 e. The summed E-state index contributed by atoms with van der Waals surface area (Å²) in [7, 11) is 0. The molecule has 0 aliphatic carbocycles. The predicted molar refractivity (Wildman–Crippen MR) is 62.4 cm³/mol. The molecular weight excluding hydrogens is 202 g/mol. The van der Waals surface area contributed by atoms with Gasteiger partial charge >= 0.3 is 0 Å². The summed E-state index contributed by atoms with van der Waals surface area (Å²) in [4.78, 5) is 8.21. The fourth-order valence-electron chi connectivity index (χ4n) is 1.27. The van der Waals surface area contributed by atoms with E-state index >= 15 is 0 Å². The molecule has 0 saturated carbocycles. The summed E-state index contributed by atoms with van der Waals surface area (Å²) < 4.78 is 5.54. The van der Waals surface area contributed by atoms with E-state index in [1.807, 2.05) is 32.0 Å². The molecule has 0 aliphatic heterocycles. The average Bonchev–Trinajstić information content (AvgIpc) is 2.27. The molecule has 4 nitrogen and oxygen atoms in total. The molecule has 2 N–H and O–H groups in total. The Kier molecular flexibility index (Phi) is 2.72. The van der Waals surface area contributed by atoms with Gasteiger partial charge in [0.1, 0.15) is 5.75 Å². The van der Waals surface area contributed by atoms with Crippen molar-refractivity contribution >= 4 is 5.69 Å². The van der Waals surface area contributed by atoms with Crippen molar-refractivity contribution in [3.63, 3.8) is 0 Å². The lowest BCUT2D eigenvalue weighted by atomic mass is 10.2. The van der Waals surface area contributed by atoms with Crippen LogP contribution in [0.5, 0.6) is 11.6 Å². The lowest BCUT2D eigenvalue weighted by molar-refractivity contribution is 0.459. The molecule has 1 heterocycles. The van der Waals surface area contributed by atoms with Crippen LogP contribution in [-0.4, -0.2) is 9.97 Å². The van der Waals surface area contributed by atoms with Crippen LogP contribution in [0.4, 0.5) is 5.69 Å². The van der Waals surface area contributed by atoms with E-state index in [1.165, 1.54) is 0 Å². The van der Waals surface area contributed by atoms with Gasteiger partial charge in [0.05, 0.1) is 18.1 Å². The Balaban J connectivity index is 2.20. The van der Waals surface area contributed by atoms with Crippen LogP contribution >= 0.6 is 0 Å². The molecule has 4 heteroatoms. The predicted octanol–water partition coefficient (Wildman–Crippen LogP) is 2.47. The number of hydrogen-bond donors (Lipinski definition) is 1. The number of nitrogen functional groups attached to an aromatic ring is 1. The van der Waals surface area contributed by atoms with Crippen LogP contribution in [0.3, 0.4) is 0 Å². The van der Waals surface area contributed by atoms with Crippen molar-refractivity contribution in [3.05, 3.63) is 41.9 Å². The molecule has 0 saturated heterocycles. The van der Waals surface area contributed by atoms with Gasteiger partial charge in [-0.1, -0.05) is 0 Å². The maximum absolute atomic E-state index is 5.72. The van der Waals surface area contributed by atoms with Crippen molar-refractivity contribution in [2.75, 3.05) is 5.73 Å². The number of rotatable bonds is 2. The summed E-state index contributed by atoms with van der Waals surface area (Å²) in [5, 5.41) is 0. The first-order chi connectivity index (χ1) is 7.65. The van der Waals surface area contributed by atoms with Crippen molar-refractivity contribution in [3.8, 4) is 11.6 Å². The number of benzene rings is 1. The second-order valence-corrected chi connectivity index (χ2v) is 3.62. The van der Waals surface area contributed by atoms with Crippen LogP contribution < -0.4 is 10.5 Å². The summed E-state index contributed by atoms with van der Waals surface area (Å²) in [5.41, 5.74) is 8.32. The van der Waals surface area contributed by atoms with Gasteiger partial charge in [-0.3, -0.25) is 4.98 Å². The molecule has 1 aromatic carbocycles. The van der Waals surface area contributed by atoms with Gasteiger partial charge in [0, 0.05) is 5.69 Å². The molecule has 2 aromatic rings. The Hall–Kier alpha value is -2.10. The van der Waals surface area contributed by atoms with Crippen molar-refractivity contribution in [2.24, 2.45) is 0 Å². The van der Waals surface area contributed by atoms with Crippen molar-refractivity contribution in [2.45, 2.75) is 13.8 Å². The smallest absolute Gasteiger partial charge is 0.237 e. The molecule has 0 aliphatic rings. The van der Waals surface area contributed by atoms with Gasteiger partial charge < -0.3 is 10.5 Å². The zero-order valence-corrected chi connectivity index (χ0v) is 9.27. The van der Waals surface area contributed by atoms with E-state index in [0.717, 1.165) is 16.9 Å². The minimum atomic E-state index is 0.481. The molecule has 0 radical (unpaired) electrons. The van der Waals surface area contributed by atoms with E-state index in [-0.39, 0.29) is 0 Å². The molecular formula is C12H13N3O. The Morgan fingerprint density at radius 2 is 1.94 bits per heavy atom. The molecule has 0 spiro atoms. The molecule has 0 unspecified atom stereocenters. The standard InChI is InChI=1S/C12H13N3O/c1-8-5-10(3-4-11(8)13)16-12-7-14-9(2)6-15-12/h3-7H,13H2,1-2H3. The molecule has 0 atom stereocenters. The van der Waals surface area contributed by atoms with Crippen LogP contribution in [0.2, 0.25) is 0 Å². The fraction of sp³-hybridized carbons (Fsp3) is 0.167. The first-order valence-electron chi connectivity index (χ1n) is 4.98. The highest BCUT2D eigenvalue weighted by molar-refractivity contribution is 5.49. The number of aromatic nitrogens is 2. The van der Waals surface area contributed by atoms with E-state index in [2.05, 4.69) is 9.97 Å². The number of ether oxygens (including phenoxy) is 1. The van der Waals surface area contributed by atoms with Gasteiger partial charge in [0.2, 0.25) is 5.88 Å². The Labute approximate surface area is 94.1 Å². The third-order valence-corrected chi connectivity index (χ3v) is 2.22. The zero-order chi connectivity index (χ0) is 11.5. The largest absolute Gasteiger partial charge is 0.437 e. The number of nitrogens with two attached hydrogens (primary N) is 1. The van der Waals surface area contributed by atoms with E-state index in [0.29, 0.717) is 11.6 Å². The topological polar surface area (TPSA) is 61.0 Å². The van der Waals surface area contributed by atoms with Crippen LogP contribution in [0.25, 0.3) is 0 Å². The van der Waals surface area contributed by atoms with Crippen LogP contribution in [0.1, 0.15) is 11.3 Å². The second-order valence-electron chi connectivity index (χ2n) is 3.62. The van der Waals surface area contributed by atoms with Gasteiger partial charge in [-0.2, -0.15) is 0 Å². The van der Waals surface area contributed by atoms with E-state index in [1.54, 1.807) is 12.4 Å². The number of nitrogens with zero attached hydrogens (tertiary/aromatic N) is 2. The van der Waals surface area contributed by atoms with E-state index in [4.69, 9.17) is 10.5 Å². The minimum absolute atomic E-state index is 0.481. The molecule has 82 valence electrons. The quantitative estimate of drug-likeness (QED) is 0.782. The summed E-state index contributed by atoms with van der Waals surface area (Å²) in [5.74, 6) is 1.19. The number of anilines is 1. The second kappa shape index (κ2) is 4.18. The lowest BCUT2D eigenvalue weighted by Crippen LogP contribution is -1.93. The van der Waals surface area contributed by atoms with E-state index in [9.17, 15) is 0 Å². The van der Waals surface area contributed by atoms with Gasteiger partial charge in [-0.05, 0) is 37.6 Å². The maximum atomic E-state index is 5.72. The minimum Gasteiger partial charge on any atom is -0.437 e. The van der Waals surface area contributed by atoms with Gasteiger partial charge in [0.15, 0.2) is 0 Å². The Bertz CT molecular complexity index is 494. The number of hydrogen-bond acceptors (Lipinski definition) is 4. The first-order valence-corrected chi connectivity index (χ1v) is 4.98. The first kappa shape index (κ1) is 10.4. The van der Waals surface area contributed by atoms with Crippen molar-refractivity contribution < 1.29 is 4.74 Å². The number of aryl methyl sites for hydroxylation is 2. The highest BCUT2D eigenvalue weighted by atomic mass is 16.5. The summed E-state index contributed by atoms with van der Waals surface area (Å²) in [6, 6.07) is 5.49. The third-order valence-electron chi connectivity index (χ3n) is 2.22. The van der Waals surface area contributed by atoms with Crippen LogP contribution in [0, 0.1) is 13.8 Å². The highest BCUT2D eigenvalue weighted by Crippen LogP contribution is 2.22. The summed E-state index contributed by atoms with van der Waals surface area (Å²) in [6.07, 6.45) is 3.26. The highest BCUT2D eigenvalue weighted by Gasteiger charge is 2.00. The summed E-state index contributed by atoms with van der Waals surface area (Å²) >= 11 is 0. The molecule has 16 heavy (non-hydrogen) atoms. The molecule has 0 fully saturated rings. The zero-order valence-electron chi connectivity index (χ0n) is 9.27. The SMILES string of the molecule is Cc1cnc(Oc2ccc(N)c(C)c2)cn1. The lowest BCUT2D eigenvalue weighted by Gasteiger charge is -2.06. The van der Waals surface area contributed by atoms with Gasteiger partial charge in [-0.15, -0.1) is 0 Å². The molecule has 1 aromatic heterocycles. The van der Waals surface area contributed by atoms with E-state index < -0.39 is 0 Å². The Morgan fingerprint density at radius 3 is 2.56 bits per heavy atom. The molecule has 0 bridgehead atoms. The molecule has 0 amide bonds. The average molecular weight is 215 g/mol. The molecule has 2 rings (SSSR count). The third kappa shape index (κ3) is 2.28. The Morgan fingerprint density at radius 1 is 1.12 bits per heavy atom. The van der Waals surface area contributed by atoms with Crippen LogP contribution in [0.15, 0.2) is 30.6 Å². The van der Waals surface area contributed by atoms with Gasteiger partial charge in [-0.25, -0.2) is 4.98 Å². The monoisotopic (exact) mass is 215 g/mol.